The van der Waals surface area contributed by atoms with Gasteiger partial charge in [-0.2, -0.15) is 0 Å². The van der Waals surface area contributed by atoms with Gasteiger partial charge < -0.3 is 4.57 Å². The monoisotopic (exact) mass is 475 g/mol. The second-order valence-electron chi connectivity index (χ2n) is 9.38. The van der Waals surface area contributed by atoms with Crippen molar-refractivity contribution in [2.24, 2.45) is 0 Å². The van der Waals surface area contributed by atoms with Gasteiger partial charge in [-0.1, -0.05) is 115 Å². The Balaban J connectivity index is 1.53. The summed E-state index contributed by atoms with van der Waals surface area (Å²) in [5.74, 6) is 0.746. The molecular weight excluding hydrogens is 450 g/mol. The van der Waals surface area contributed by atoms with Crippen molar-refractivity contribution in [3.63, 3.8) is 0 Å². The van der Waals surface area contributed by atoms with Crippen molar-refractivity contribution in [1.82, 2.24) is 14.5 Å². The molecule has 2 aromatic heterocycles. The van der Waals surface area contributed by atoms with Crippen LogP contribution in [0.5, 0.6) is 0 Å². The van der Waals surface area contributed by atoms with E-state index in [9.17, 15) is 0 Å². The zero-order chi connectivity index (χ0) is 24.6. The molecule has 0 saturated heterocycles. The fourth-order valence-corrected chi connectivity index (χ4v) is 5.29. The van der Waals surface area contributed by atoms with Crippen molar-refractivity contribution in [3.8, 4) is 33.8 Å². The highest BCUT2D eigenvalue weighted by Gasteiger charge is 2.21. The molecule has 0 bridgehead atoms. The van der Waals surface area contributed by atoms with E-state index in [0.29, 0.717) is 0 Å². The molecule has 2 heterocycles. The van der Waals surface area contributed by atoms with Crippen molar-refractivity contribution in [1.29, 1.82) is 0 Å². The first-order valence-corrected chi connectivity index (χ1v) is 12.8. The third-order valence-corrected chi connectivity index (χ3v) is 7.08. The van der Waals surface area contributed by atoms with Gasteiger partial charge in [0.25, 0.3) is 0 Å². The van der Waals surface area contributed by atoms with Gasteiger partial charge in [0.15, 0.2) is 5.82 Å². The van der Waals surface area contributed by atoms with E-state index in [2.05, 4.69) is 114 Å². The first-order valence-electron chi connectivity index (χ1n) is 12.8. The van der Waals surface area contributed by atoms with Crippen LogP contribution in [0.15, 0.2) is 127 Å². The van der Waals surface area contributed by atoms with Crippen molar-refractivity contribution in [2.75, 3.05) is 0 Å². The van der Waals surface area contributed by atoms with Crippen LogP contribution in [0.3, 0.4) is 0 Å². The van der Waals surface area contributed by atoms with Gasteiger partial charge in [-0.3, -0.25) is 0 Å². The molecule has 176 valence electrons. The van der Waals surface area contributed by atoms with Crippen LogP contribution in [-0.2, 0) is 0 Å². The van der Waals surface area contributed by atoms with E-state index < -0.39 is 0 Å². The van der Waals surface area contributed by atoms with E-state index >= 15 is 0 Å². The van der Waals surface area contributed by atoms with Crippen LogP contribution in [0, 0.1) is 0 Å². The van der Waals surface area contributed by atoms with Gasteiger partial charge in [0, 0.05) is 22.2 Å². The Morgan fingerprint density at radius 2 is 1.24 bits per heavy atom. The van der Waals surface area contributed by atoms with Gasteiger partial charge in [-0.05, 0) is 36.1 Å². The summed E-state index contributed by atoms with van der Waals surface area (Å²) in [6.45, 7) is 0. The molecule has 0 radical (unpaired) electrons. The number of allylic oxidation sites excluding steroid dienone is 4. The molecule has 0 amide bonds. The number of para-hydroxylation sites is 1. The number of benzene rings is 4. The molecule has 3 heteroatoms. The minimum atomic E-state index is 0.746. The molecule has 0 spiro atoms. The molecule has 0 unspecified atom stereocenters. The molecule has 1 aliphatic rings. The van der Waals surface area contributed by atoms with E-state index in [-0.39, 0.29) is 0 Å². The third-order valence-electron chi connectivity index (χ3n) is 7.08. The fraction of sp³-hybridized carbons (Fsp3) is 0.0588. The molecular formula is C34H25N3. The molecule has 4 aromatic carbocycles. The van der Waals surface area contributed by atoms with Crippen LogP contribution < -0.4 is 0 Å². The Hall–Kier alpha value is -4.76. The van der Waals surface area contributed by atoms with Gasteiger partial charge in [0.05, 0.1) is 16.7 Å². The lowest BCUT2D eigenvalue weighted by Crippen LogP contribution is -2.02. The maximum absolute atomic E-state index is 5.22. The Kier molecular flexibility index (Phi) is 5.25. The zero-order valence-electron chi connectivity index (χ0n) is 20.4. The molecule has 3 nitrogen and oxygen atoms in total. The van der Waals surface area contributed by atoms with Crippen LogP contribution in [-0.4, -0.2) is 14.5 Å². The van der Waals surface area contributed by atoms with Gasteiger partial charge in [-0.15, -0.1) is 0 Å². The zero-order valence-corrected chi connectivity index (χ0v) is 20.4. The predicted octanol–water partition coefficient (Wildman–Crippen LogP) is 8.78. The fourth-order valence-electron chi connectivity index (χ4n) is 5.29. The summed E-state index contributed by atoms with van der Waals surface area (Å²) in [5, 5.41) is 1.15. The molecule has 7 rings (SSSR count). The lowest BCUT2D eigenvalue weighted by Gasteiger charge is -2.16. The number of hydrogen-bond acceptors (Lipinski definition) is 2. The second kappa shape index (κ2) is 9.03. The Morgan fingerprint density at radius 3 is 1.97 bits per heavy atom. The van der Waals surface area contributed by atoms with Gasteiger partial charge in [0.2, 0.25) is 0 Å². The standard InChI is InChI=1S/C34H25N3/c1-4-12-24(13-5-1)25-20-22-26(23-21-25)31-33-32(36-34(35-31)27-14-6-2-7-15-27)29-18-10-11-19-30(29)37(33)28-16-8-3-9-17-28/h1-8,10-16,18-23H,9,17H2. The number of nitrogens with zero attached hydrogens (tertiary/aromatic N) is 3. The molecule has 1 aliphatic carbocycles. The Bertz CT molecular complexity index is 1790. The van der Waals surface area contributed by atoms with Crippen molar-refractivity contribution < 1.29 is 0 Å². The average Bonchev–Trinajstić information content (AvgIpc) is 3.33. The lowest BCUT2D eigenvalue weighted by atomic mass is 10.0. The first kappa shape index (κ1) is 21.5. The minimum Gasteiger partial charge on any atom is -0.310 e. The van der Waals surface area contributed by atoms with Crippen molar-refractivity contribution in [3.05, 3.63) is 127 Å². The molecule has 0 N–H and O–H groups in total. The van der Waals surface area contributed by atoms with Gasteiger partial charge in [0.1, 0.15) is 5.52 Å². The quantitative estimate of drug-likeness (QED) is 0.255. The first-order chi connectivity index (χ1) is 18.4. The topological polar surface area (TPSA) is 30.7 Å². The van der Waals surface area contributed by atoms with E-state index in [1.165, 1.54) is 22.3 Å². The smallest absolute Gasteiger partial charge is 0.160 e. The average molecular weight is 476 g/mol. The van der Waals surface area contributed by atoms with Crippen LogP contribution in [0.1, 0.15) is 12.8 Å². The van der Waals surface area contributed by atoms with E-state index in [4.69, 9.17) is 9.97 Å². The Morgan fingerprint density at radius 1 is 0.595 bits per heavy atom. The molecule has 0 saturated carbocycles. The largest absolute Gasteiger partial charge is 0.310 e. The summed E-state index contributed by atoms with van der Waals surface area (Å²) in [6.07, 6.45) is 8.63. The SMILES string of the molecule is C1=CCCC(n2c3ccccc3c3nc(-c4ccccc4)nc(-c4ccc(-c5ccccc5)cc4)c32)=C1. The van der Waals surface area contributed by atoms with Gasteiger partial charge >= 0.3 is 0 Å². The predicted molar refractivity (Wildman–Crippen MR) is 154 cm³/mol. The molecule has 6 aromatic rings. The van der Waals surface area contributed by atoms with Crippen LogP contribution in [0.4, 0.5) is 0 Å². The van der Waals surface area contributed by atoms with Crippen LogP contribution in [0.2, 0.25) is 0 Å². The number of fused-ring (bicyclic) bond motifs is 3. The molecule has 0 fully saturated rings. The maximum Gasteiger partial charge on any atom is 0.160 e. The summed E-state index contributed by atoms with van der Waals surface area (Å²) >= 11 is 0. The normalized spacial score (nSPS) is 13.2. The minimum absolute atomic E-state index is 0.746. The summed E-state index contributed by atoms with van der Waals surface area (Å²) in [4.78, 5) is 10.4. The molecule has 0 atom stereocenters. The number of hydrogen-bond donors (Lipinski definition) is 0. The Labute approximate surface area is 216 Å². The summed E-state index contributed by atoms with van der Waals surface area (Å²) < 4.78 is 2.38. The molecule has 37 heavy (non-hydrogen) atoms. The molecule has 0 aliphatic heterocycles. The third kappa shape index (κ3) is 3.76. The lowest BCUT2D eigenvalue weighted by molar-refractivity contribution is 0.977. The van der Waals surface area contributed by atoms with E-state index in [1.54, 1.807) is 0 Å². The second-order valence-corrected chi connectivity index (χ2v) is 9.38. The summed E-state index contributed by atoms with van der Waals surface area (Å²) in [7, 11) is 0. The summed E-state index contributed by atoms with van der Waals surface area (Å²) in [6, 6.07) is 38.1. The van der Waals surface area contributed by atoms with Crippen molar-refractivity contribution >= 4 is 27.6 Å². The number of aromatic nitrogens is 3. The highest BCUT2D eigenvalue weighted by molar-refractivity contribution is 6.12. The highest BCUT2D eigenvalue weighted by Crippen LogP contribution is 2.39. The van der Waals surface area contributed by atoms with Crippen LogP contribution >= 0.6 is 0 Å². The van der Waals surface area contributed by atoms with Gasteiger partial charge in [-0.25, -0.2) is 9.97 Å². The number of rotatable bonds is 4. The highest BCUT2D eigenvalue weighted by atomic mass is 15.0. The maximum atomic E-state index is 5.22. The van der Waals surface area contributed by atoms with E-state index in [0.717, 1.165) is 51.9 Å². The van der Waals surface area contributed by atoms with Crippen LogP contribution in [0.25, 0.3) is 61.4 Å². The van der Waals surface area contributed by atoms with Crippen molar-refractivity contribution in [2.45, 2.75) is 12.8 Å². The van der Waals surface area contributed by atoms with E-state index in [1.807, 2.05) is 18.2 Å². The summed E-state index contributed by atoms with van der Waals surface area (Å²) in [5.41, 5.74) is 9.95.